The van der Waals surface area contributed by atoms with E-state index in [9.17, 15) is 0 Å². The highest BCUT2D eigenvalue weighted by molar-refractivity contribution is 5.62. The van der Waals surface area contributed by atoms with Gasteiger partial charge in [0.25, 0.3) is 0 Å². The standard InChI is InChI=1S/C14H16N2.2C2H6/c1-11-3-5-13(6-4-11)16-14-9-7-12(15-2)8-10-14;2*1-2/h3-10,15-16H,1-2H3;2*1-2H3. The molecule has 0 aromatic heterocycles. The van der Waals surface area contributed by atoms with Crippen LogP contribution in [0.2, 0.25) is 0 Å². The van der Waals surface area contributed by atoms with Gasteiger partial charge in [0.2, 0.25) is 0 Å². The van der Waals surface area contributed by atoms with Crippen LogP contribution in [-0.4, -0.2) is 7.05 Å². The lowest BCUT2D eigenvalue weighted by Gasteiger charge is -2.07. The maximum Gasteiger partial charge on any atom is 0.0385 e. The number of hydrogen-bond acceptors (Lipinski definition) is 2. The zero-order chi connectivity index (χ0) is 15.4. The first-order chi connectivity index (χ1) is 9.78. The number of benzene rings is 2. The molecule has 0 aliphatic rings. The Labute approximate surface area is 124 Å². The van der Waals surface area contributed by atoms with Crippen molar-refractivity contribution in [3.05, 3.63) is 54.1 Å². The summed E-state index contributed by atoms with van der Waals surface area (Å²) < 4.78 is 0. The fourth-order valence-electron chi connectivity index (χ4n) is 1.52. The maximum atomic E-state index is 3.35. The molecule has 0 unspecified atom stereocenters. The molecule has 2 nitrogen and oxygen atoms in total. The lowest BCUT2D eigenvalue weighted by atomic mass is 10.2. The average Bonchev–Trinajstić information content (AvgIpc) is 2.54. The van der Waals surface area contributed by atoms with Gasteiger partial charge >= 0.3 is 0 Å². The molecule has 0 bridgehead atoms. The van der Waals surface area contributed by atoms with Gasteiger partial charge in [-0.3, -0.25) is 0 Å². The number of aryl methyl sites for hydroxylation is 1. The second kappa shape index (κ2) is 10.9. The van der Waals surface area contributed by atoms with Crippen molar-refractivity contribution in [2.24, 2.45) is 0 Å². The molecule has 0 fully saturated rings. The minimum absolute atomic E-state index is 1.10. The zero-order valence-corrected chi connectivity index (χ0v) is 13.6. The monoisotopic (exact) mass is 272 g/mol. The minimum atomic E-state index is 1.10. The molecule has 110 valence electrons. The quantitative estimate of drug-likeness (QED) is 0.734. The molecule has 2 N–H and O–H groups in total. The van der Waals surface area contributed by atoms with E-state index in [4.69, 9.17) is 0 Å². The van der Waals surface area contributed by atoms with Crippen LogP contribution in [0.5, 0.6) is 0 Å². The van der Waals surface area contributed by atoms with Crippen molar-refractivity contribution < 1.29 is 0 Å². The second-order valence-corrected chi connectivity index (χ2v) is 3.82. The Morgan fingerprint density at radius 2 is 0.950 bits per heavy atom. The molecule has 2 aromatic rings. The molecule has 0 amide bonds. The summed E-state index contributed by atoms with van der Waals surface area (Å²) in [5, 5.41) is 6.45. The largest absolute Gasteiger partial charge is 0.388 e. The molecule has 0 aliphatic heterocycles. The molecule has 20 heavy (non-hydrogen) atoms. The highest BCUT2D eigenvalue weighted by Crippen LogP contribution is 2.18. The van der Waals surface area contributed by atoms with E-state index in [1.807, 2.05) is 34.7 Å². The topological polar surface area (TPSA) is 24.1 Å². The van der Waals surface area contributed by atoms with Gasteiger partial charge in [-0.2, -0.15) is 0 Å². The van der Waals surface area contributed by atoms with Crippen LogP contribution < -0.4 is 10.6 Å². The van der Waals surface area contributed by atoms with Crippen molar-refractivity contribution in [1.82, 2.24) is 0 Å². The van der Waals surface area contributed by atoms with E-state index in [1.54, 1.807) is 0 Å². The highest BCUT2D eigenvalue weighted by Gasteiger charge is 1.94. The van der Waals surface area contributed by atoms with Crippen molar-refractivity contribution in [3.8, 4) is 0 Å². The molecule has 0 spiro atoms. The average molecular weight is 272 g/mol. The van der Waals surface area contributed by atoms with Crippen LogP contribution in [0.3, 0.4) is 0 Å². The first-order valence-electron chi connectivity index (χ1n) is 7.39. The summed E-state index contributed by atoms with van der Waals surface area (Å²) in [5.41, 5.74) is 4.61. The van der Waals surface area contributed by atoms with E-state index in [0.29, 0.717) is 0 Å². The highest BCUT2D eigenvalue weighted by atomic mass is 14.9. The fraction of sp³-hybridized carbons (Fsp3) is 0.333. The van der Waals surface area contributed by atoms with Gasteiger partial charge < -0.3 is 10.6 Å². The summed E-state index contributed by atoms with van der Waals surface area (Å²) in [6.07, 6.45) is 0. The third-order valence-electron chi connectivity index (χ3n) is 2.51. The number of anilines is 3. The molecule has 0 saturated heterocycles. The molecule has 0 aliphatic carbocycles. The first kappa shape index (κ1) is 18.0. The lowest BCUT2D eigenvalue weighted by Crippen LogP contribution is -1.91. The van der Waals surface area contributed by atoms with Crippen LogP contribution in [0.15, 0.2) is 48.5 Å². The van der Waals surface area contributed by atoms with E-state index in [2.05, 4.69) is 66.1 Å². The Morgan fingerprint density at radius 3 is 1.35 bits per heavy atom. The maximum absolute atomic E-state index is 3.35. The minimum Gasteiger partial charge on any atom is -0.388 e. The van der Waals surface area contributed by atoms with Gasteiger partial charge in [0.05, 0.1) is 0 Å². The molecule has 0 atom stereocenters. The van der Waals surface area contributed by atoms with Gasteiger partial charge in [0, 0.05) is 24.1 Å². The number of rotatable bonds is 3. The van der Waals surface area contributed by atoms with Crippen LogP contribution in [0.25, 0.3) is 0 Å². The van der Waals surface area contributed by atoms with Crippen LogP contribution in [0.4, 0.5) is 17.1 Å². The first-order valence-corrected chi connectivity index (χ1v) is 7.39. The fourth-order valence-corrected chi connectivity index (χ4v) is 1.52. The summed E-state index contributed by atoms with van der Waals surface area (Å²) in [5.74, 6) is 0. The van der Waals surface area contributed by atoms with Crippen molar-refractivity contribution >= 4 is 17.1 Å². The summed E-state index contributed by atoms with van der Waals surface area (Å²) in [6, 6.07) is 16.6. The number of nitrogens with one attached hydrogen (secondary N) is 2. The Bertz CT molecular complexity index is 444. The molecule has 0 saturated carbocycles. The van der Waals surface area contributed by atoms with E-state index in [0.717, 1.165) is 17.1 Å². The van der Waals surface area contributed by atoms with Gasteiger partial charge in [-0.1, -0.05) is 45.4 Å². The van der Waals surface area contributed by atoms with Crippen LogP contribution in [-0.2, 0) is 0 Å². The molecule has 0 heterocycles. The van der Waals surface area contributed by atoms with E-state index >= 15 is 0 Å². The summed E-state index contributed by atoms with van der Waals surface area (Å²) in [6.45, 7) is 10.1. The summed E-state index contributed by atoms with van der Waals surface area (Å²) >= 11 is 0. The van der Waals surface area contributed by atoms with Crippen LogP contribution >= 0.6 is 0 Å². The smallest absolute Gasteiger partial charge is 0.0385 e. The van der Waals surface area contributed by atoms with Crippen molar-refractivity contribution in [2.45, 2.75) is 34.6 Å². The molecular formula is C18H28N2. The van der Waals surface area contributed by atoms with Gasteiger partial charge in [-0.25, -0.2) is 0 Å². The van der Waals surface area contributed by atoms with Gasteiger partial charge in [-0.05, 0) is 43.3 Å². The molecule has 2 heteroatoms. The van der Waals surface area contributed by atoms with Crippen LogP contribution in [0, 0.1) is 6.92 Å². The van der Waals surface area contributed by atoms with Crippen molar-refractivity contribution in [2.75, 3.05) is 17.7 Å². The predicted octanol–water partition coefficient (Wildman–Crippen LogP) is 5.83. The SMILES string of the molecule is CC.CC.CNc1ccc(Nc2ccc(C)cc2)cc1. The Hall–Kier alpha value is -1.96. The normalized spacial score (nSPS) is 8.50. The van der Waals surface area contributed by atoms with E-state index in [1.165, 1.54) is 5.56 Å². The van der Waals surface area contributed by atoms with Crippen LogP contribution in [0.1, 0.15) is 33.3 Å². The van der Waals surface area contributed by atoms with Crippen molar-refractivity contribution in [1.29, 1.82) is 0 Å². The zero-order valence-electron chi connectivity index (χ0n) is 13.6. The van der Waals surface area contributed by atoms with Gasteiger partial charge in [0.15, 0.2) is 0 Å². The molecule has 2 aromatic carbocycles. The second-order valence-electron chi connectivity index (χ2n) is 3.82. The molecular weight excluding hydrogens is 244 g/mol. The Balaban J connectivity index is 0.000000829. The third kappa shape index (κ3) is 6.28. The Kier molecular flexibility index (Phi) is 9.85. The molecule has 2 rings (SSSR count). The van der Waals surface area contributed by atoms with Gasteiger partial charge in [0.1, 0.15) is 0 Å². The summed E-state index contributed by atoms with van der Waals surface area (Å²) in [7, 11) is 1.92. The van der Waals surface area contributed by atoms with Crippen molar-refractivity contribution in [3.63, 3.8) is 0 Å². The summed E-state index contributed by atoms with van der Waals surface area (Å²) in [4.78, 5) is 0. The molecule has 0 radical (unpaired) electrons. The van der Waals surface area contributed by atoms with Gasteiger partial charge in [-0.15, -0.1) is 0 Å². The lowest BCUT2D eigenvalue weighted by molar-refractivity contribution is 1.45. The Morgan fingerprint density at radius 1 is 0.600 bits per heavy atom. The predicted molar refractivity (Wildman–Crippen MR) is 93.1 cm³/mol. The third-order valence-corrected chi connectivity index (χ3v) is 2.51. The van der Waals surface area contributed by atoms with E-state index < -0.39 is 0 Å². The van der Waals surface area contributed by atoms with E-state index in [-0.39, 0.29) is 0 Å². The number of hydrogen-bond donors (Lipinski definition) is 2.